The highest BCUT2D eigenvalue weighted by atomic mass is 32.1. The quantitative estimate of drug-likeness (QED) is 0.810. The van der Waals surface area contributed by atoms with E-state index in [2.05, 4.69) is 15.3 Å². The summed E-state index contributed by atoms with van der Waals surface area (Å²) in [6, 6.07) is 0. The molecule has 3 nitrogen and oxygen atoms in total. The molecule has 4 heteroatoms. The van der Waals surface area contributed by atoms with Gasteiger partial charge in [0, 0.05) is 24.4 Å². The van der Waals surface area contributed by atoms with Crippen LogP contribution in [0.4, 0.5) is 5.13 Å². The summed E-state index contributed by atoms with van der Waals surface area (Å²) in [6.07, 6.45) is 0.886. The molecule has 0 bridgehead atoms. The Kier molecular flexibility index (Phi) is 2.74. The van der Waals surface area contributed by atoms with Crippen LogP contribution in [0.3, 0.4) is 0 Å². The Morgan fingerprint density at radius 3 is 3.00 bits per heavy atom. The first-order valence-corrected chi connectivity index (χ1v) is 5.90. The fraction of sp³-hybridized carbons (Fsp3) is 0.700. The molecule has 2 heterocycles. The number of thiazole rings is 1. The highest BCUT2D eigenvalue weighted by Gasteiger charge is 2.27. The van der Waals surface area contributed by atoms with Gasteiger partial charge in [0.15, 0.2) is 5.13 Å². The number of nitrogens with zero attached hydrogens (tertiary/aromatic N) is 2. The minimum absolute atomic E-state index is 0.193. The number of aliphatic hydroxyl groups is 1. The average Bonchev–Trinajstić information content (AvgIpc) is 2.70. The largest absolute Gasteiger partial charge is 0.393 e. The number of hydrogen-bond donors (Lipinski definition) is 1. The molecule has 0 amide bonds. The zero-order chi connectivity index (χ0) is 10.1. The minimum atomic E-state index is -0.193. The molecule has 78 valence electrons. The van der Waals surface area contributed by atoms with E-state index in [1.54, 1.807) is 11.3 Å². The van der Waals surface area contributed by atoms with Gasteiger partial charge >= 0.3 is 0 Å². The van der Waals surface area contributed by atoms with Gasteiger partial charge in [0.1, 0.15) is 0 Å². The van der Waals surface area contributed by atoms with Crippen molar-refractivity contribution in [2.45, 2.75) is 26.4 Å². The van der Waals surface area contributed by atoms with Crippen LogP contribution in [0.15, 0.2) is 5.38 Å². The second kappa shape index (κ2) is 3.87. The molecule has 0 saturated carbocycles. The second-order valence-electron chi connectivity index (χ2n) is 4.01. The van der Waals surface area contributed by atoms with Gasteiger partial charge in [0.2, 0.25) is 0 Å². The fourth-order valence-corrected chi connectivity index (χ4v) is 2.68. The maximum absolute atomic E-state index is 9.48. The molecule has 2 atom stereocenters. The van der Waals surface area contributed by atoms with E-state index < -0.39 is 0 Å². The summed E-state index contributed by atoms with van der Waals surface area (Å²) >= 11 is 1.69. The van der Waals surface area contributed by atoms with Gasteiger partial charge in [0.05, 0.1) is 11.8 Å². The van der Waals surface area contributed by atoms with Gasteiger partial charge in [-0.3, -0.25) is 0 Å². The van der Waals surface area contributed by atoms with Crippen molar-refractivity contribution in [3.63, 3.8) is 0 Å². The zero-order valence-corrected chi connectivity index (χ0v) is 9.42. The molecular formula is C10H16N2OS. The van der Waals surface area contributed by atoms with E-state index in [1.807, 2.05) is 13.8 Å². The first kappa shape index (κ1) is 9.93. The molecule has 1 saturated heterocycles. The van der Waals surface area contributed by atoms with Crippen LogP contribution in [0, 0.1) is 12.8 Å². The maximum atomic E-state index is 9.48. The molecule has 0 radical (unpaired) electrons. The molecule has 1 aromatic heterocycles. The van der Waals surface area contributed by atoms with Crippen molar-refractivity contribution in [1.29, 1.82) is 0 Å². The van der Waals surface area contributed by atoms with Crippen molar-refractivity contribution in [3.8, 4) is 0 Å². The van der Waals surface area contributed by atoms with Gasteiger partial charge in [-0.05, 0) is 20.3 Å². The monoisotopic (exact) mass is 212 g/mol. The predicted octanol–water partition coefficient (Wildman–Crippen LogP) is 1.66. The van der Waals surface area contributed by atoms with E-state index in [0.29, 0.717) is 5.92 Å². The van der Waals surface area contributed by atoms with Gasteiger partial charge in [0.25, 0.3) is 0 Å². The Bertz CT molecular complexity index is 311. The molecule has 14 heavy (non-hydrogen) atoms. The minimum Gasteiger partial charge on any atom is -0.393 e. The van der Waals surface area contributed by atoms with Crippen molar-refractivity contribution >= 4 is 16.5 Å². The highest BCUT2D eigenvalue weighted by molar-refractivity contribution is 7.13. The lowest BCUT2D eigenvalue weighted by atomic mass is 10.0. The summed E-state index contributed by atoms with van der Waals surface area (Å²) in [5.74, 6) is 0.416. The summed E-state index contributed by atoms with van der Waals surface area (Å²) in [4.78, 5) is 6.72. The van der Waals surface area contributed by atoms with Crippen LogP contribution in [0.1, 0.15) is 19.0 Å². The summed E-state index contributed by atoms with van der Waals surface area (Å²) in [5.41, 5.74) is 1.09. The Morgan fingerprint density at radius 2 is 2.50 bits per heavy atom. The van der Waals surface area contributed by atoms with Crippen LogP contribution in [0.25, 0.3) is 0 Å². The maximum Gasteiger partial charge on any atom is 0.185 e. The van der Waals surface area contributed by atoms with E-state index in [-0.39, 0.29) is 6.10 Å². The number of rotatable bonds is 2. The number of aryl methyl sites for hydroxylation is 1. The summed E-state index contributed by atoms with van der Waals surface area (Å²) in [6.45, 7) is 5.87. The first-order chi connectivity index (χ1) is 6.66. The van der Waals surface area contributed by atoms with E-state index in [4.69, 9.17) is 0 Å². The highest BCUT2D eigenvalue weighted by Crippen LogP contribution is 2.28. The lowest BCUT2D eigenvalue weighted by Gasteiger charge is -2.16. The van der Waals surface area contributed by atoms with Gasteiger partial charge in [-0.15, -0.1) is 11.3 Å². The molecule has 0 spiro atoms. The normalized spacial score (nSPS) is 24.2. The Labute approximate surface area is 88.4 Å². The third kappa shape index (κ3) is 1.91. The Hall–Kier alpha value is -0.610. The molecule has 1 N–H and O–H groups in total. The topological polar surface area (TPSA) is 36.4 Å². The van der Waals surface area contributed by atoms with E-state index in [1.165, 1.54) is 0 Å². The molecule has 0 aliphatic carbocycles. The molecular weight excluding hydrogens is 196 g/mol. The molecule has 1 aliphatic heterocycles. The lowest BCUT2D eigenvalue weighted by Crippen LogP contribution is -2.23. The van der Waals surface area contributed by atoms with Crippen molar-refractivity contribution in [1.82, 2.24) is 4.98 Å². The average molecular weight is 212 g/mol. The second-order valence-corrected chi connectivity index (χ2v) is 4.84. The number of aromatic nitrogens is 1. The first-order valence-electron chi connectivity index (χ1n) is 5.02. The van der Waals surface area contributed by atoms with Crippen LogP contribution >= 0.6 is 11.3 Å². The van der Waals surface area contributed by atoms with Crippen LogP contribution in [-0.4, -0.2) is 29.3 Å². The van der Waals surface area contributed by atoms with Crippen LogP contribution < -0.4 is 4.90 Å². The molecule has 0 aromatic carbocycles. The third-order valence-corrected chi connectivity index (χ3v) is 3.80. The SMILES string of the molecule is Cc1csc(N2CCC(C(C)O)C2)n1. The number of hydrogen-bond acceptors (Lipinski definition) is 4. The van der Waals surface area contributed by atoms with Crippen molar-refractivity contribution < 1.29 is 5.11 Å². The van der Waals surface area contributed by atoms with Crippen LogP contribution in [-0.2, 0) is 0 Å². The Morgan fingerprint density at radius 1 is 1.71 bits per heavy atom. The van der Waals surface area contributed by atoms with E-state index in [9.17, 15) is 5.11 Å². The summed E-state index contributed by atoms with van der Waals surface area (Å²) in [5, 5.41) is 12.7. The molecule has 1 fully saturated rings. The predicted molar refractivity (Wildman–Crippen MR) is 58.9 cm³/mol. The van der Waals surface area contributed by atoms with Crippen molar-refractivity contribution in [2.24, 2.45) is 5.92 Å². The standard InChI is InChI=1S/C10H16N2OS/c1-7-6-14-10(11-7)12-4-3-9(5-12)8(2)13/h6,8-9,13H,3-5H2,1-2H3. The van der Waals surface area contributed by atoms with E-state index >= 15 is 0 Å². The summed E-state index contributed by atoms with van der Waals surface area (Å²) < 4.78 is 0. The van der Waals surface area contributed by atoms with Crippen molar-refractivity contribution in [2.75, 3.05) is 18.0 Å². The number of aliphatic hydroxyl groups excluding tert-OH is 1. The van der Waals surface area contributed by atoms with Gasteiger partial charge in [-0.1, -0.05) is 0 Å². The number of anilines is 1. The summed E-state index contributed by atoms with van der Waals surface area (Å²) in [7, 11) is 0. The van der Waals surface area contributed by atoms with Crippen molar-refractivity contribution in [3.05, 3.63) is 11.1 Å². The smallest absolute Gasteiger partial charge is 0.185 e. The molecule has 1 aromatic rings. The van der Waals surface area contributed by atoms with Crippen LogP contribution in [0.5, 0.6) is 0 Å². The van der Waals surface area contributed by atoms with Crippen LogP contribution in [0.2, 0.25) is 0 Å². The van der Waals surface area contributed by atoms with Gasteiger partial charge < -0.3 is 10.0 Å². The molecule has 1 aliphatic rings. The lowest BCUT2D eigenvalue weighted by molar-refractivity contribution is 0.136. The Balaban J connectivity index is 2.02. The zero-order valence-electron chi connectivity index (χ0n) is 8.60. The fourth-order valence-electron chi connectivity index (χ4n) is 1.84. The van der Waals surface area contributed by atoms with E-state index in [0.717, 1.165) is 30.3 Å². The third-order valence-electron chi connectivity index (χ3n) is 2.78. The van der Waals surface area contributed by atoms with Gasteiger partial charge in [-0.25, -0.2) is 4.98 Å². The molecule has 2 unspecified atom stereocenters. The van der Waals surface area contributed by atoms with Gasteiger partial charge in [-0.2, -0.15) is 0 Å². The molecule has 2 rings (SSSR count).